The lowest BCUT2D eigenvalue weighted by Gasteiger charge is -2.13. The first-order valence-electron chi connectivity index (χ1n) is 9.24. The fourth-order valence-electron chi connectivity index (χ4n) is 3.16. The smallest absolute Gasteiger partial charge is 0.332 e. The number of nitrogens with one attached hydrogen (secondary N) is 1. The molecule has 0 saturated carbocycles. The summed E-state index contributed by atoms with van der Waals surface area (Å²) in [5.41, 5.74) is 5.25. The Morgan fingerprint density at radius 1 is 1.03 bits per heavy atom. The van der Waals surface area contributed by atoms with E-state index in [1.165, 1.54) is 46.4 Å². The zero-order valence-electron chi connectivity index (χ0n) is 16.1. The topological polar surface area (TPSA) is 129 Å². The monoisotopic (exact) mass is 435 g/mol. The molecule has 0 bridgehead atoms. The van der Waals surface area contributed by atoms with Crippen molar-refractivity contribution >= 4 is 39.9 Å². The third-order valence-corrected chi connectivity index (χ3v) is 5.50. The number of primary amides is 1. The minimum atomic E-state index is -0.599. The van der Waals surface area contributed by atoms with Crippen LogP contribution in [0.5, 0.6) is 0 Å². The van der Waals surface area contributed by atoms with Crippen molar-refractivity contribution in [1.82, 2.24) is 14.1 Å². The van der Waals surface area contributed by atoms with Crippen LogP contribution < -0.4 is 22.3 Å². The number of amides is 2. The second-order valence-electron chi connectivity index (χ2n) is 6.70. The van der Waals surface area contributed by atoms with E-state index in [4.69, 9.17) is 5.73 Å². The molecular weight excluding hydrogens is 418 g/mol. The number of carbonyl (C=O) groups excluding carboxylic acids is 2. The number of nitrogens with two attached hydrogens (primary N) is 1. The Morgan fingerprint density at radius 2 is 1.81 bits per heavy atom. The lowest BCUT2D eigenvalue weighted by atomic mass is 10.2. The molecule has 31 heavy (non-hydrogen) atoms. The van der Waals surface area contributed by atoms with Gasteiger partial charge in [0.2, 0.25) is 11.8 Å². The molecule has 0 aliphatic carbocycles. The van der Waals surface area contributed by atoms with Gasteiger partial charge in [0.25, 0.3) is 5.56 Å². The average molecular weight is 435 g/mol. The van der Waals surface area contributed by atoms with E-state index in [1.54, 1.807) is 12.1 Å². The maximum Gasteiger partial charge on any atom is 0.332 e. The van der Waals surface area contributed by atoms with Crippen LogP contribution in [0.25, 0.3) is 11.0 Å². The fourth-order valence-corrected chi connectivity index (χ4v) is 3.85. The molecule has 10 heteroatoms. The summed E-state index contributed by atoms with van der Waals surface area (Å²) in [7, 11) is 0. The molecule has 3 N–H and O–H groups in total. The van der Waals surface area contributed by atoms with Gasteiger partial charge in [-0.2, -0.15) is 0 Å². The van der Waals surface area contributed by atoms with Crippen molar-refractivity contribution < 1.29 is 9.59 Å². The molecule has 0 radical (unpaired) electrons. The first-order chi connectivity index (χ1) is 14.9. The number of hydrogen-bond acceptors (Lipinski definition) is 6. The zero-order valence-corrected chi connectivity index (χ0v) is 17.0. The van der Waals surface area contributed by atoms with Crippen LogP contribution in [0, 0.1) is 0 Å². The number of anilines is 1. The van der Waals surface area contributed by atoms with Crippen LogP contribution >= 0.6 is 11.3 Å². The van der Waals surface area contributed by atoms with Gasteiger partial charge in [-0.25, -0.2) is 9.78 Å². The first-order valence-corrected chi connectivity index (χ1v) is 10.1. The Labute approximate surface area is 179 Å². The molecule has 2 amide bonds. The van der Waals surface area contributed by atoms with Crippen molar-refractivity contribution in [2.45, 2.75) is 13.1 Å². The number of fused-ring (bicyclic) bond motifs is 1. The van der Waals surface area contributed by atoms with Gasteiger partial charge in [0, 0.05) is 22.3 Å². The highest BCUT2D eigenvalue weighted by atomic mass is 32.1. The number of pyridine rings is 1. The molecule has 0 unspecified atom stereocenters. The van der Waals surface area contributed by atoms with E-state index in [9.17, 15) is 19.2 Å². The molecule has 9 nitrogen and oxygen atoms in total. The summed E-state index contributed by atoms with van der Waals surface area (Å²) >= 11 is 1.42. The van der Waals surface area contributed by atoms with Crippen molar-refractivity contribution in [1.29, 1.82) is 0 Å². The van der Waals surface area contributed by atoms with Gasteiger partial charge in [-0.05, 0) is 47.8 Å². The van der Waals surface area contributed by atoms with E-state index in [1.807, 2.05) is 17.5 Å². The van der Waals surface area contributed by atoms with Crippen molar-refractivity contribution in [3.05, 3.63) is 91.4 Å². The number of nitrogens with zero attached hydrogens (tertiary/aromatic N) is 3. The van der Waals surface area contributed by atoms with E-state index >= 15 is 0 Å². The normalized spacial score (nSPS) is 10.8. The Balaban J connectivity index is 1.69. The summed E-state index contributed by atoms with van der Waals surface area (Å²) in [4.78, 5) is 54.7. The third-order valence-electron chi connectivity index (χ3n) is 4.64. The highest BCUT2D eigenvalue weighted by molar-refractivity contribution is 7.09. The molecule has 3 aromatic heterocycles. The number of rotatable bonds is 6. The van der Waals surface area contributed by atoms with E-state index in [2.05, 4.69) is 10.3 Å². The summed E-state index contributed by atoms with van der Waals surface area (Å²) in [6.07, 6.45) is 1.47. The molecule has 0 aliphatic heterocycles. The molecule has 0 atom stereocenters. The standard InChI is InChI=1S/C21H17N5O4S/c22-19(28)13-5-7-14(8-6-13)24-17(27)12-25-16-4-1-9-23-18(16)20(29)26(21(25)30)11-15-3-2-10-31-15/h1-10H,11-12H2,(H2,22,28)(H,24,27). The molecule has 156 valence electrons. The molecule has 0 spiro atoms. The lowest BCUT2D eigenvalue weighted by Crippen LogP contribution is -2.42. The Hall–Kier alpha value is -4.05. The highest BCUT2D eigenvalue weighted by Gasteiger charge is 2.17. The maximum atomic E-state index is 13.1. The molecule has 3 heterocycles. The molecule has 0 saturated heterocycles. The van der Waals surface area contributed by atoms with Gasteiger partial charge in [0.1, 0.15) is 6.54 Å². The number of aromatic nitrogens is 3. The van der Waals surface area contributed by atoms with E-state index in [0.29, 0.717) is 11.3 Å². The summed E-state index contributed by atoms with van der Waals surface area (Å²) in [5, 5.41) is 4.53. The van der Waals surface area contributed by atoms with Crippen LogP contribution in [0.4, 0.5) is 5.69 Å². The number of benzene rings is 1. The maximum absolute atomic E-state index is 13.1. The van der Waals surface area contributed by atoms with Gasteiger partial charge >= 0.3 is 5.69 Å². The number of hydrogen-bond donors (Lipinski definition) is 2. The molecular formula is C21H17N5O4S. The summed E-state index contributed by atoms with van der Waals surface area (Å²) in [6.45, 7) is -0.221. The second kappa shape index (κ2) is 8.36. The SMILES string of the molecule is NC(=O)c1ccc(NC(=O)Cn2c(=O)n(Cc3cccs3)c(=O)c3ncccc32)cc1. The van der Waals surface area contributed by atoms with E-state index in [0.717, 1.165) is 9.44 Å². The molecule has 0 fully saturated rings. The van der Waals surface area contributed by atoms with Crippen LogP contribution in [0.3, 0.4) is 0 Å². The minimum absolute atomic E-state index is 0.0953. The van der Waals surface area contributed by atoms with Crippen molar-refractivity contribution in [2.75, 3.05) is 5.32 Å². The van der Waals surface area contributed by atoms with E-state index in [-0.39, 0.29) is 24.1 Å². The van der Waals surface area contributed by atoms with Gasteiger partial charge in [0.15, 0.2) is 5.52 Å². The highest BCUT2D eigenvalue weighted by Crippen LogP contribution is 2.12. The van der Waals surface area contributed by atoms with Crippen LogP contribution in [-0.4, -0.2) is 25.9 Å². The Kier molecular flexibility index (Phi) is 5.46. The zero-order chi connectivity index (χ0) is 22.0. The van der Waals surface area contributed by atoms with Gasteiger partial charge in [-0.3, -0.25) is 23.5 Å². The lowest BCUT2D eigenvalue weighted by molar-refractivity contribution is -0.116. The predicted molar refractivity (Wildman–Crippen MR) is 117 cm³/mol. The predicted octanol–water partition coefficient (Wildman–Crippen LogP) is 1.41. The van der Waals surface area contributed by atoms with Crippen molar-refractivity contribution in [3.8, 4) is 0 Å². The van der Waals surface area contributed by atoms with Crippen LogP contribution in [0.15, 0.2) is 69.7 Å². The number of thiophene rings is 1. The van der Waals surface area contributed by atoms with Crippen LogP contribution in [0.1, 0.15) is 15.2 Å². The largest absolute Gasteiger partial charge is 0.366 e. The molecule has 4 rings (SSSR count). The Morgan fingerprint density at radius 3 is 2.48 bits per heavy atom. The quantitative estimate of drug-likeness (QED) is 0.473. The van der Waals surface area contributed by atoms with Crippen molar-refractivity contribution in [3.63, 3.8) is 0 Å². The average Bonchev–Trinajstić information content (AvgIpc) is 3.28. The molecule has 1 aromatic carbocycles. The fraction of sp³-hybridized carbons (Fsp3) is 0.0952. The van der Waals surface area contributed by atoms with Crippen molar-refractivity contribution in [2.24, 2.45) is 5.73 Å². The summed E-state index contributed by atoms with van der Waals surface area (Å²) in [5.74, 6) is -1.04. The third kappa shape index (κ3) is 4.14. The first kappa shape index (κ1) is 20.2. The van der Waals surface area contributed by atoms with Gasteiger partial charge in [0.05, 0.1) is 12.1 Å². The van der Waals surface area contributed by atoms with Gasteiger partial charge < -0.3 is 11.1 Å². The van der Waals surface area contributed by atoms with Gasteiger partial charge in [-0.1, -0.05) is 6.07 Å². The van der Waals surface area contributed by atoms with Crippen LogP contribution in [-0.2, 0) is 17.9 Å². The van der Waals surface area contributed by atoms with Crippen LogP contribution in [0.2, 0.25) is 0 Å². The Bertz CT molecular complexity index is 1390. The minimum Gasteiger partial charge on any atom is -0.366 e. The van der Waals surface area contributed by atoms with E-state index < -0.39 is 23.1 Å². The van der Waals surface area contributed by atoms with Gasteiger partial charge in [-0.15, -0.1) is 11.3 Å². The summed E-state index contributed by atoms with van der Waals surface area (Å²) in [6, 6.07) is 12.9. The second-order valence-corrected chi connectivity index (χ2v) is 7.73. The number of carbonyl (C=O) groups is 2. The molecule has 0 aliphatic rings. The molecule has 4 aromatic rings. The summed E-state index contributed by atoms with van der Waals surface area (Å²) < 4.78 is 2.31.